The molecule has 1 fully saturated rings. The van der Waals surface area contributed by atoms with E-state index in [4.69, 9.17) is 0 Å². The molecule has 1 amide bonds. The summed E-state index contributed by atoms with van der Waals surface area (Å²) in [4.78, 5) is 13.1. The molecule has 4 nitrogen and oxygen atoms in total. The average molecular weight is 186 g/mol. The molecule has 0 aliphatic carbocycles. The van der Waals surface area contributed by atoms with Crippen LogP contribution in [-0.2, 0) is 4.79 Å². The summed E-state index contributed by atoms with van der Waals surface area (Å²) in [6.45, 7) is 3.64. The Morgan fingerprint density at radius 2 is 2.38 bits per heavy atom. The number of carbonyl (C=O) groups excluding carboxylic acids is 1. The first-order valence-corrected chi connectivity index (χ1v) is 4.75. The topological polar surface area (TPSA) is 52.6 Å². The molecule has 0 aromatic rings. The lowest BCUT2D eigenvalue weighted by Gasteiger charge is -2.34. The third-order valence-corrected chi connectivity index (χ3v) is 2.60. The maximum Gasteiger partial charge on any atom is 0.236 e. The van der Waals surface area contributed by atoms with Crippen LogP contribution in [0.25, 0.3) is 0 Å². The molecule has 2 N–H and O–H groups in total. The van der Waals surface area contributed by atoms with Gasteiger partial charge in [-0.05, 0) is 19.4 Å². The number of rotatable bonds is 2. The van der Waals surface area contributed by atoms with Crippen molar-refractivity contribution in [2.45, 2.75) is 19.4 Å². The number of likely N-dealkylation sites (N-methyl/N-ethyl adjacent to an activating group) is 1. The van der Waals surface area contributed by atoms with Gasteiger partial charge in [-0.15, -0.1) is 0 Å². The Labute approximate surface area is 78.9 Å². The first kappa shape index (κ1) is 10.5. The van der Waals surface area contributed by atoms with Crippen LogP contribution in [0.2, 0.25) is 0 Å². The maximum atomic E-state index is 11.4. The van der Waals surface area contributed by atoms with Gasteiger partial charge >= 0.3 is 0 Å². The van der Waals surface area contributed by atoms with Crippen molar-refractivity contribution >= 4 is 5.91 Å². The largest absolute Gasteiger partial charge is 0.391 e. The van der Waals surface area contributed by atoms with Crippen molar-refractivity contribution < 1.29 is 9.90 Å². The summed E-state index contributed by atoms with van der Waals surface area (Å²) in [6.07, 6.45) is 0.547. The number of likely N-dealkylation sites (tertiary alicyclic amines) is 1. The van der Waals surface area contributed by atoms with Crippen LogP contribution in [0.4, 0.5) is 0 Å². The number of aliphatic hydroxyl groups excluding tert-OH is 1. The molecule has 0 saturated carbocycles. The van der Waals surface area contributed by atoms with Gasteiger partial charge in [0, 0.05) is 13.1 Å². The van der Waals surface area contributed by atoms with E-state index in [0.717, 1.165) is 13.0 Å². The molecule has 0 radical (unpaired) electrons. The molecule has 0 bridgehead atoms. The molecule has 2 atom stereocenters. The maximum absolute atomic E-state index is 11.4. The highest BCUT2D eigenvalue weighted by Crippen LogP contribution is 2.16. The Balaban J connectivity index is 2.40. The van der Waals surface area contributed by atoms with Gasteiger partial charge in [-0.2, -0.15) is 0 Å². The van der Waals surface area contributed by atoms with Crippen molar-refractivity contribution in [1.82, 2.24) is 10.2 Å². The molecule has 2 unspecified atom stereocenters. The molecule has 0 aromatic carbocycles. The van der Waals surface area contributed by atoms with Crippen LogP contribution in [0.1, 0.15) is 13.3 Å². The number of β-amino-alcohol motifs (C(OH)–C–C–N with tert-alkyl or cyclic N) is 1. The number of hydrogen-bond acceptors (Lipinski definition) is 3. The predicted molar refractivity (Wildman–Crippen MR) is 50.3 cm³/mol. The first-order valence-electron chi connectivity index (χ1n) is 4.75. The van der Waals surface area contributed by atoms with E-state index in [2.05, 4.69) is 5.32 Å². The second kappa shape index (κ2) is 4.58. The summed E-state index contributed by atoms with van der Waals surface area (Å²) >= 11 is 0. The fourth-order valence-electron chi connectivity index (χ4n) is 1.54. The van der Waals surface area contributed by atoms with Crippen LogP contribution in [-0.4, -0.2) is 48.7 Å². The van der Waals surface area contributed by atoms with Crippen molar-refractivity contribution in [2.24, 2.45) is 5.92 Å². The second-order valence-electron chi connectivity index (χ2n) is 3.70. The summed E-state index contributed by atoms with van der Waals surface area (Å²) in [7, 11) is 1.75. The molecule has 1 saturated heterocycles. The highest BCUT2D eigenvalue weighted by atomic mass is 16.3. The molecular formula is C9H18N2O2. The number of nitrogens with one attached hydrogen (secondary N) is 1. The molecule has 1 rings (SSSR count). The zero-order valence-electron chi connectivity index (χ0n) is 8.29. The van der Waals surface area contributed by atoms with Crippen molar-refractivity contribution in [3.05, 3.63) is 0 Å². The van der Waals surface area contributed by atoms with Gasteiger partial charge in [0.1, 0.15) is 0 Å². The molecule has 4 heteroatoms. The van der Waals surface area contributed by atoms with E-state index in [1.54, 1.807) is 11.9 Å². The standard InChI is InChI=1S/C9H18N2O2/c1-7-3-4-11(6-8(7)12)9(13)5-10-2/h7-8,10,12H,3-6H2,1-2H3. The summed E-state index contributed by atoms with van der Waals surface area (Å²) in [5, 5.41) is 12.4. The van der Waals surface area contributed by atoms with Crippen molar-refractivity contribution in [2.75, 3.05) is 26.7 Å². The van der Waals surface area contributed by atoms with Crippen LogP contribution in [0.15, 0.2) is 0 Å². The minimum atomic E-state index is -0.352. The van der Waals surface area contributed by atoms with Gasteiger partial charge in [-0.25, -0.2) is 0 Å². The molecule has 0 aromatic heterocycles. The highest BCUT2D eigenvalue weighted by molar-refractivity contribution is 5.78. The van der Waals surface area contributed by atoms with E-state index in [1.165, 1.54) is 0 Å². The summed E-state index contributed by atoms with van der Waals surface area (Å²) in [5.74, 6) is 0.395. The number of amides is 1. The Bertz CT molecular complexity index is 184. The van der Waals surface area contributed by atoms with E-state index in [9.17, 15) is 9.90 Å². The highest BCUT2D eigenvalue weighted by Gasteiger charge is 2.26. The molecular weight excluding hydrogens is 168 g/mol. The molecule has 1 heterocycles. The quantitative estimate of drug-likeness (QED) is 0.607. The van der Waals surface area contributed by atoms with E-state index < -0.39 is 0 Å². The lowest BCUT2D eigenvalue weighted by atomic mass is 9.96. The Morgan fingerprint density at radius 1 is 1.69 bits per heavy atom. The van der Waals surface area contributed by atoms with Crippen molar-refractivity contribution in [1.29, 1.82) is 0 Å². The lowest BCUT2D eigenvalue weighted by molar-refractivity contribution is -0.134. The Hall–Kier alpha value is -0.610. The van der Waals surface area contributed by atoms with Crippen LogP contribution < -0.4 is 5.32 Å². The molecule has 13 heavy (non-hydrogen) atoms. The third kappa shape index (κ3) is 2.67. The van der Waals surface area contributed by atoms with Crippen molar-refractivity contribution in [3.63, 3.8) is 0 Å². The van der Waals surface area contributed by atoms with Gasteiger partial charge in [0.05, 0.1) is 12.6 Å². The molecule has 1 aliphatic rings. The van der Waals surface area contributed by atoms with E-state index in [1.807, 2.05) is 6.92 Å². The minimum Gasteiger partial charge on any atom is -0.391 e. The fraction of sp³-hybridized carbons (Fsp3) is 0.889. The molecule has 1 aliphatic heterocycles. The van der Waals surface area contributed by atoms with Gasteiger partial charge < -0.3 is 15.3 Å². The second-order valence-corrected chi connectivity index (χ2v) is 3.70. The molecule has 0 spiro atoms. The zero-order chi connectivity index (χ0) is 9.84. The van der Waals surface area contributed by atoms with Gasteiger partial charge in [0.25, 0.3) is 0 Å². The number of nitrogens with zero attached hydrogens (tertiary/aromatic N) is 1. The van der Waals surface area contributed by atoms with Gasteiger partial charge in [-0.1, -0.05) is 6.92 Å². The summed E-state index contributed by atoms with van der Waals surface area (Å²) in [5.41, 5.74) is 0. The number of piperidine rings is 1. The van der Waals surface area contributed by atoms with Crippen LogP contribution in [0, 0.1) is 5.92 Å². The fourth-order valence-corrected chi connectivity index (χ4v) is 1.54. The van der Waals surface area contributed by atoms with E-state index >= 15 is 0 Å². The lowest BCUT2D eigenvalue weighted by Crippen LogP contribution is -2.48. The third-order valence-electron chi connectivity index (χ3n) is 2.60. The minimum absolute atomic E-state index is 0.0773. The smallest absolute Gasteiger partial charge is 0.236 e. The number of carbonyl (C=O) groups is 1. The Kier molecular flexibility index (Phi) is 3.69. The molecule has 76 valence electrons. The van der Waals surface area contributed by atoms with Crippen molar-refractivity contribution in [3.8, 4) is 0 Å². The van der Waals surface area contributed by atoms with E-state index in [-0.39, 0.29) is 12.0 Å². The van der Waals surface area contributed by atoms with Crippen LogP contribution >= 0.6 is 0 Å². The summed E-state index contributed by atoms with van der Waals surface area (Å²) in [6, 6.07) is 0. The average Bonchev–Trinajstić information content (AvgIpc) is 2.10. The monoisotopic (exact) mass is 186 g/mol. The van der Waals surface area contributed by atoms with E-state index in [0.29, 0.717) is 19.0 Å². The number of hydrogen-bond donors (Lipinski definition) is 2. The summed E-state index contributed by atoms with van der Waals surface area (Å²) < 4.78 is 0. The SMILES string of the molecule is CNCC(=O)N1CCC(C)C(O)C1. The van der Waals surface area contributed by atoms with Crippen LogP contribution in [0.5, 0.6) is 0 Å². The zero-order valence-corrected chi connectivity index (χ0v) is 8.29. The normalized spacial score (nSPS) is 29.0. The first-order chi connectivity index (χ1) is 6.15. The predicted octanol–water partition coefficient (Wildman–Crippen LogP) is -0.565. The van der Waals surface area contributed by atoms with Gasteiger partial charge in [-0.3, -0.25) is 4.79 Å². The van der Waals surface area contributed by atoms with Gasteiger partial charge in [0.15, 0.2) is 0 Å². The van der Waals surface area contributed by atoms with Gasteiger partial charge in [0.2, 0.25) is 5.91 Å². The Morgan fingerprint density at radius 3 is 2.92 bits per heavy atom. The van der Waals surface area contributed by atoms with Crippen LogP contribution in [0.3, 0.4) is 0 Å². The number of aliphatic hydroxyl groups is 1.